The number of fused-ring (bicyclic) bond motifs is 3. The van der Waals surface area contributed by atoms with Crippen LogP contribution in [-0.2, 0) is 25.7 Å². The molecular formula is C25H30FNO4. The molecule has 0 aromatic heterocycles. The zero-order valence-corrected chi connectivity index (χ0v) is 18.2. The van der Waals surface area contributed by atoms with Gasteiger partial charge in [0.15, 0.2) is 0 Å². The minimum absolute atomic E-state index is 0.00900. The molecule has 0 saturated heterocycles. The average molecular weight is 428 g/mol. The largest absolute Gasteiger partial charge is 0.352 e. The van der Waals surface area contributed by atoms with Crippen molar-refractivity contribution in [2.75, 3.05) is 0 Å². The maximum atomic E-state index is 13.3. The molecule has 1 aromatic carbocycles. The van der Waals surface area contributed by atoms with Crippen LogP contribution in [0.2, 0.25) is 0 Å². The normalized spacial score (nSPS) is 34.9. The molecule has 5 atom stereocenters. The third-order valence-electron chi connectivity index (χ3n) is 8.25. The number of hydrogen-bond donors (Lipinski definition) is 1. The molecule has 4 rings (SSSR count). The van der Waals surface area contributed by atoms with Gasteiger partial charge < -0.3 is 5.32 Å². The van der Waals surface area contributed by atoms with E-state index in [0.29, 0.717) is 31.2 Å². The van der Waals surface area contributed by atoms with Gasteiger partial charge in [-0.15, -0.1) is 0 Å². The van der Waals surface area contributed by atoms with Crippen molar-refractivity contribution in [3.8, 4) is 0 Å². The highest BCUT2D eigenvalue weighted by molar-refractivity contribution is 5.99. The highest BCUT2D eigenvalue weighted by atomic mass is 19.1. The fourth-order valence-corrected chi connectivity index (χ4v) is 6.51. The number of Topliss-reactive ketones (excluding diaryl/α,β-unsaturated/α-hetero) is 3. The molecule has 0 radical (unpaired) electrons. The van der Waals surface area contributed by atoms with E-state index in [9.17, 15) is 23.6 Å². The smallest absolute Gasteiger partial charge is 0.220 e. The third kappa shape index (κ3) is 3.74. The number of halogens is 1. The van der Waals surface area contributed by atoms with Crippen LogP contribution in [0, 0.1) is 34.4 Å². The van der Waals surface area contributed by atoms with Crippen LogP contribution in [0.1, 0.15) is 64.4 Å². The molecule has 3 aliphatic rings. The molecule has 0 aliphatic heterocycles. The number of carbonyl (C=O) groups is 4. The average Bonchev–Trinajstić information content (AvgIpc) is 3.02. The summed E-state index contributed by atoms with van der Waals surface area (Å²) in [6.07, 6.45) is 3.03. The Hall–Kier alpha value is -2.37. The molecule has 1 N–H and O–H groups in total. The lowest BCUT2D eigenvalue weighted by molar-refractivity contribution is -0.160. The predicted octanol–water partition coefficient (Wildman–Crippen LogP) is 3.78. The summed E-state index contributed by atoms with van der Waals surface area (Å²) < 4.78 is 13.3. The standard InChI is InChI=1S/C25H30FNO4/c1-24(11-10-22(31)27-14-15-4-3-5-16(26)12-15)20(29)8-6-17-18-7-9-21(30)25(18,2)13-19(28)23(17)24/h3-5,12,17-18,23H,6-11,13-14H2,1-2H3,(H,27,31). The van der Waals surface area contributed by atoms with Gasteiger partial charge in [0, 0.05) is 49.0 Å². The number of nitrogens with one attached hydrogen (secondary N) is 1. The Bertz CT molecular complexity index is 943. The maximum Gasteiger partial charge on any atom is 0.220 e. The molecule has 0 bridgehead atoms. The summed E-state index contributed by atoms with van der Waals surface area (Å²) in [5.74, 6) is -0.556. The molecule has 3 saturated carbocycles. The Balaban J connectivity index is 1.45. The van der Waals surface area contributed by atoms with Crippen LogP contribution in [0.5, 0.6) is 0 Å². The second kappa shape index (κ2) is 7.95. The predicted molar refractivity (Wildman–Crippen MR) is 112 cm³/mol. The van der Waals surface area contributed by atoms with E-state index in [4.69, 9.17) is 0 Å². The summed E-state index contributed by atoms with van der Waals surface area (Å²) in [7, 11) is 0. The highest BCUT2D eigenvalue weighted by Gasteiger charge is 2.62. The van der Waals surface area contributed by atoms with Gasteiger partial charge in [0.1, 0.15) is 23.2 Å². The van der Waals surface area contributed by atoms with Crippen molar-refractivity contribution in [2.45, 2.75) is 65.3 Å². The van der Waals surface area contributed by atoms with E-state index in [0.717, 1.165) is 6.42 Å². The summed E-state index contributed by atoms with van der Waals surface area (Å²) in [6.45, 7) is 3.98. The zero-order valence-electron chi connectivity index (χ0n) is 18.2. The Labute approximate surface area is 182 Å². The van der Waals surface area contributed by atoms with Gasteiger partial charge in [0.05, 0.1) is 0 Å². The van der Waals surface area contributed by atoms with Crippen molar-refractivity contribution in [2.24, 2.45) is 28.6 Å². The molecule has 5 unspecified atom stereocenters. The third-order valence-corrected chi connectivity index (χ3v) is 8.25. The van der Waals surface area contributed by atoms with Gasteiger partial charge in [-0.05, 0) is 48.8 Å². The van der Waals surface area contributed by atoms with Gasteiger partial charge in [0.25, 0.3) is 0 Å². The minimum Gasteiger partial charge on any atom is -0.352 e. The quantitative estimate of drug-likeness (QED) is 0.776. The molecule has 5 nitrogen and oxygen atoms in total. The van der Waals surface area contributed by atoms with Crippen molar-refractivity contribution in [1.29, 1.82) is 0 Å². The van der Waals surface area contributed by atoms with E-state index in [1.54, 1.807) is 12.1 Å². The van der Waals surface area contributed by atoms with Gasteiger partial charge in [-0.3, -0.25) is 19.2 Å². The topological polar surface area (TPSA) is 80.3 Å². The molecule has 0 heterocycles. The van der Waals surface area contributed by atoms with Gasteiger partial charge >= 0.3 is 0 Å². The van der Waals surface area contributed by atoms with Crippen LogP contribution in [0.15, 0.2) is 24.3 Å². The first-order valence-corrected chi connectivity index (χ1v) is 11.3. The van der Waals surface area contributed by atoms with E-state index in [-0.39, 0.29) is 60.3 Å². The van der Waals surface area contributed by atoms with Crippen LogP contribution in [0.3, 0.4) is 0 Å². The van der Waals surface area contributed by atoms with Crippen LogP contribution in [-0.4, -0.2) is 23.3 Å². The van der Waals surface area contributed by atoms with E-state index in [2.05, 4.69) is 5.32 Å². The van der Waals surface area contributed by atoms with Gasteiger partial charge in [-0.25, -0.2) is 4.39 Å². The first-order chi connectivity index (χ1) is 14.6. The molecule has 3 fully saturated rings. The molecule has 1 amide bonds. The second-order valence-corrected chi connectivity index (χ2v) is 10.1. The molecule has 1 aromatic rings. The van der Waals surface area contributed by atoms with Crippen molar-refractivity contribution in [3.05, 3.63) is 35.6 Å². The summed E-state index contributed by atoms with van der Waals surface area (Å²) in [6, 6.07) is 6.05. The second-order valence-electron chi connectivity index (χ2n) is 10.1. The summed E-state index contributed by atoms with van der Waals surface area (Å²) >= 11 is 0. The van der Waals surface area contributed by atoms with Crippen LogP contribution < -0.4 is 5.32 Å². The van der Waals surface area contributed by atoms with Crippen molar-refractivity contribution < 1.29 is 23.6 Å². The van der Waals surface area contributed by atoms with E-state index in [1.807, 2.05) is 13.8 Å². The number of carbonyl (C=O) groups excluding carboxylic acids is 4. The molecule has 0 spiro atoms. The number of hydrogen-bond acceptors (Lipinski definition) is 4. The lowest BCUT2D eigenvalue weighted by Gasteiger charge is -2.52. The molecule has 6 heteroatoms. The van der Waals surface area contributed by atoms with Crippen molar-refractivity contribution >= 4 is 23.3 Å². The van der Waals surface area contributed by atoms with E-state index >= 15 is 0 Å². The highest BCUT2D eigenvalue weighted by Crippen LogP contribution is 2.60. The molecule has 31 heavy (non-hydrogen) atoms. The number of amides is 1. The fraction of sp³-hybridized carbons (Fsp3) is 0.600. The van der Waals surface area contributed by atoms with Crippen molar-refractivity contribution in [3.63, 3.8) is 0 Å². The van der Waals surface area contributed by atoms with Gasteiger partial charge in [-0.1, -0.05) is 26.0 Å². The molecule has 166 valence electrons. The van der Waals surface area contributed by atoms with Gasteiger partial charge in [0.2, 0.25) is 5.91 Å². The Morgan fingerprint density at radius 1 is 1.13 bits per heavy atom. The van der Waals surface area contributed by atoms with E-state index < -0.39 is 16.7 Å². The fourth-order valence-electron chi connectivity index (χ4n) is 6.51. The van der Waals surface area contributed by atoms with Gasteiger partial charge in [-0.2, -0.15) is 0 Å². The van der Waals surface area contributed by atoms with Crippen LogP contribution in [0.4, 0.5) is 4.39 Å². The Morgan fingerprint density at radius 2 is 1.87 bits per heavy atom. The number of rotatable bonds is 5. The van der Waals surface area contributed by atoms with Crippen molar-refractivity contribution in [1.82, 2.24) is 5.32 Å². The number of ketones is 3. The van der Waals surface area contributed by atoms with Crippen LogP contribution >= 0.6 is 0 Å². The maximum absolute atomic E-state index is 13.3. The molecular weight excluding hydrogens is 397 g/mol. The monoisotopic (exact) mass is 427 g/mol. The molecule has 3 aliphatic carbocycles. The SMILES string of the molecule is CC12CC(=O)C3C(CCC(=O)C3(C)CCC(=O)NCc3cccc(F)c3)C1CCC2=O. The summed E-state index contributed by atoms with van der Waals surface area (Å²) in [5.41, 5.74) is -0.786. The number of benzene rings is 1. The lowest BCUT2D eigenvalue weighted by Crippen LogP contribution is -2.56. The Morgan fingerprint density at radius 3 is 2.61 bits per heavy atom. The summed E-state index contributed by atoms with van der Waals surface area (Å²) in [4.78, 5) is 51.2. The zero-order chi connectivity index (χ0) is 22.4. The first-order valence-electron chi connectivity index (χ1n) is 11.3. The summed E-state index contributed by atoms with van der Waals surface area (Å²) in [5, 5.41) is 2.78. The minimum atomic E-state index is -0.872. The van der Waals surface area contributed by atoms with E-state index in [1.165, 1.54) is 12.1 Å². The lowest BCUT2D eigenvalue weighted by atomic mass is 9.48. The van der Waals surface area contributed by atoms with Crippen LogP contribution in [0.25, 0.3) is 0 Å². The Kier molecular flexibility index (Phi) is 5.61. The first kappa shape index (κ1) is 21.8.